The second-order valence-corrected chi connectivity index (χ2v) is 4.58. The van der Waals surface area contributed by atoms with Crippen LogP contribution in [-0.2, 0) is 9.59 Å². The molecule has 1 fully saturated rings. The first kappa shape index (κ1) is 16.2. The summed E-state index contributed by atoms with van der Waals surface area (Å²) in [5.41, 5.74) is 0. The van der Waals surface area contributed by atoms with Crippen molar-refractivity contribution in [3.05, 3.63) is 0 Å². The van der Waals surface area contributed by atoms with E-state index < -0.39 is 5.97 Å². The van der Waals surface area contributed by atoms with E-state index in [4.69, 9.17) is 5.11 Å². The van der Waals surface area contributed by atoms with E-state index in [2.05, 4.69) is 10.6 Å². The lowest BCUT2D eigenvalue weighted by atomic mass is 10.3. The highest BCUT2D eigenvalue weighted by Crippen LogP contribution is 2.02. The van der Waals surface area contributed by atoms with Gasteiger partial charge in [-0.1, -0.05) is 0 Å². The highest BCUT2D eigenvalue weighted by atomic mass is 16.4. The third kappa shape index (κ3) is 5.87. The quantitative estimate of drug-likeness (QED) is 0.577. The molecule has 0 radical (unpaired) electrons. The summed E-state index contributed by atoms with van der Waals surface area (Å²) in [5.74, 6) is -1.02. The van der Waals surface area contributed by atoms with Gasteiger partial charge in [0.05, 0.1) is 13.0 Å². The summed E-state index contributed by atoms with van der Waals surface area (Å²) in [6.45, 7) is 5.23. The number of urea groups is 1. The summed E-state index contributed by atoms with van der Waals surface area (Å²) in [5, 5.41) is 13.8. The number of aliphatic carboxylic acids is 1. The van der Waals surface area contributed by atoms with Crippen molar-refractivity contribution < 1.29 is 19.5 Å². The molecule has 0 aromatic rings. The van der Waals surface area contributed by atoms with Gasteiger partial charge in [-0.2, -0.15) is 0 Å². The Morgan fingerprint density at radius 2 is 1.75 bits per heavy atom. The van der Waals surface area contributed by atoms with Crippen LogP contribution >= 0.6 is 0 Å². The Morgan fingerprint density at radius 3 is 2.30 bits per heavy atom. The first-order valence-corrected chi connectivity index (χ1v) is 6.76. The molecule has 114 valence electrons. The molecule has 1 heterocycles. The van der Waals surface area contributed by atoms with E-state index in [0.717, 1.165) is 0 Å². The summed E-state index contributed by atoms with van der Waals surface area (Å²) >= 11 is 0. The number of amides is 3. The van der Waals surface area contributed by atoms with Crippen LogP contribution in [-0.4, -0.2) is 78.6 Å². The SMILES string of the molecule is CCNC(=O)CNC(=O)N1CCN(CCC(=O)O)CC1. The van der Waals surface area contributed by atoms with Crippen LogP contribution < -0.4 is 10.6 Å². The minimum atomic E-state index is -0.813. The number of carboxylic acid groups (broad SMARTS) is 1. The second-order valence-electron chi connectivity index (χ2n) is 4.58. The number of piperazine rings is 1. The number of hydrogen-bond donors (Lipinski definition) is 3. The molecule has 0 saturated carbocycles. The maximum atomic E-state index is 11.8. The molecule has 1 saturated heterocycles. The van der Waals surface area contributed by atoms with Crippen molar-refractivity contribution in [1.82, 2.24) is 20.4 Å². The first-order chi connectivity index (χ1) is 9.52. The molecule has 0 unspecified atom stereocenters. The molecule has 8 nitrogen and oxygen atoms in total. The largest absolute Gasteiger partial charge is 0.481 e. The number of carbonyl (C=O) groups excluding carboxylic acids is 2. The van der Waals surface area contributed by atoms with Gasteiger partial charge in [-0.25, -0.2) is 4.79 Å². The smallest absolute Gasteiger partial charge is 0.317 e. The molecule has 0 atom stereocenters. The van der Waals surface area contributed by atoms with Crippen molar-refractivity contribution in [2.24, 2.45) is 0 Å². The van der Waals surface area contributed by atoms with E-state index in [0.29, 0.717) is 39.3 Å². The summed E-state index contributed by atoms with van der Waals surface area (Å²) in [7, 11) is 0. The predicted octanol–water partition coefficient (Wildman–Crippen LogP) is -1.08. The Balaban J connectivity index is 2.21. The van der Waals surface area contributed by atoms with Crippen LogP contribution in [0.3, 0.4) is 0 Å². The number of hydrogen-bond acceptors (Lipinski definition) is 4. The maximum Gasteiger partial charge on any atom is 0.317 e. The molecular formula is C12H22N4O4. The minimum absolute atomic E-state index is 0.0219. The lowest BCUT2D eigenvalue weighted by molar-refractivity contribution is -0.137. The molecular weight excluding hydrogens is 264 g/mol. The monoisotopic (exact) mass is 286 g/mol. The Labute approximate surface area is 118 Å². The average molecular weight is 286 g/mol. The zero-order valence-corrected chi connectivity index (χ0v) is 11.7. The lowest BCUT2D eigenvalue weighted by Crippen LogP contribution is -2.53. The third-order valence-corrected chi connectivity index (χ3v) is 3.08. The molecule has 3 amide bonds. The number of rotatable bonds is 6. The van der Waals surface area contributed by atoms with Gasteiger partial charge in [-0.15, -0.1) is 0 Å². The first-order valence-electron chi connectivity index (χ1n) is 6.76. The van der Waals surface area contributed by atoms with Gasteiger partial charge < -0.3 is 20.6 Å². The molecule has 8 heteroatoms. The van der Waals surface area contributed by atoms with Crippen LogP contribution in [0.1, 0.15) is 13.3 Å². The minimum Gasteiger partial charge on any atom is -0.481 e. The number of nitrogens with one attached hydrogen (secondary N) is 2. The fraction of sp³-hybridized carbons (Fsp3) is 0.750. The van der Waals surface area contributed by atoms with Crippen molar-refractivity contribution in [2.45, 2.75) is 13.3 Å². The Kier molecular flexibility index (Phi) is 6.78. The molecule has 0 aromatic heterocycles. The average Bonchev–Trinajstić information content (AvgIpc) is 2.43. The van der Waals surface area contributed by atoms with E-state index in [1.807, 2.05) is 11.8 Å². The highest BCUT2D eigenvalue weighted by molar-refractivity contribution is 5.83. The van der Waals surface area contributed by atoms with Crippen LogP contribution in [0.15, 0.2) is 0 Å². The molecule has 1 rings (SSSR count). The third-order valence-electron chi connectivity index (χ3n) is 3.08. The summed E-state index contributed by atoms with van der Waals surface area (Å²) in [6, 6.07) is -0.255. The normalized spacial score (nSPS) is 15.8. The molecule has 0 spiro atoms. The second kappa shape index (κ2) is 8.36. The Bertz CT molecular complexity index is 353. The van der Waals surface area contributed by atoms with Gasteiger partial charge in [0.15, 0.2) is 0 Å². The van der Waals surface area contributed by atoms with Gasteiger partial charge in [0.1, 0.15) is 0 Å². The van der Waals surface area contributed by atoms with Crippen molar-refractivity contribution in [2.75, 3.05) is 45.8 Å². The summed E-state index contributed by atoms with van der Waals surface area (Å²) < 4.78 is 0. The number of carboxylic acids is 1. The topological polar surface area (TPSA) is 102 Å². The molecule has 0 aromatic carbocycles. The Hall–Kier alpha value is -1.83. The van der Waals surface area contributed by atoms with Crippen molar-refractivity contribution in [1.29, 1.82) is 0 Å². The van der Waals surface area contributed by atoms with Crippen LogP contribution in [0.4, 0.5) is 4.79 Å². The van der Waals surface area contributed by atoms with E-state index in [-0.39, 0.29) is 24.9 Å². The number of nitrogens with zero attached hydrogens (tertiary/aromatic N) is 2. The zero-order chi connectivity index (χ0) is 15.0. The van der Waals surface area contributed by atoms with Crippen LogP contribution in [0.2, 0.25) is 0 Å². The van der Waals surface area contributed by atoms with E-state index in [1.165, 1.54) is 0 Å². The molecule has 3 N–H and O–H groups in total. The number of carbonyl (C=O) groups is 3. The fourth-order valence-electron chi connectivity index (χ4n) is 1.96. The summed E-state index contributed by atoms with van der Waals surface area (Å²) in [6.07, 6.45) is 0.114. The van der Waals surface area contributed by atoms with Gasteiger partial charge in [-0.05, 0) is 6.92 Å². The van der Waals surface area contributed by atoms with Gasteiger partial charge in [0, 0.05) is 39.3 Å². The van der Waals surface area contributed by atoms with Crippen LogP contribution in [0.25, 0.3) is 0 Å². The van der Waals surface area contributed by atoms with Crippen molar-refractivity contribution in [3.63, 3.8) is 0 Å². The fourth-order valence-corrected chi connectivity index (χ4v) is 1.96. The van der Waals surface area contributed by atoms with Crippen LogP contribution in [0, 0.1) is 0 Å². The highest BCUT2D eigenvalue weighted by Gasteiger charge is 2.21. The predicted molar refractivity (Wildman–Crippen MR) is 72.3 cm³/mol. The molecule has 1 aliphatic heterocycles. The van der Waals surface area contributed by atoms with Crippen LogP contribution in [0.5, 0.6) is 0 Å². The summed E-state index contributed by atoms with van der Waals surface area (Å²) in [4.78, 5) is 37.2. The maximum absolute atomic E-state index is 11.8. The van der Waals surface area contributed by atoms with Gasteiger partial charge in [-0.3, -0.25) is 14.5 Å². The standard InChI is InChI=1S/C12H22N4O4/c1-2-13-10(17)9-14-12(20)16-7-5-15(6-8-16)4-3-11(18)19/h2-9H2,1H3,(H,13,17)(H,14,20)(H,18,19). The van der Waals surface area contributed by atoms with E-state index in [9.17, 15) is 14.4 Å². The van der Waals surface area contributed by atoms with E-state index >= 15 is 0 Å². The van der Waals surface area contributed by atoms with Gasteiger partial charge >= 0.3 is 12.0 Å². The zero-order valence-electron chi connectivity index (χ0n) is 11.7. The molecule has 1 aliphatic rings. The number of likely N-dealkylation sites (N-methyl/N-ethyl adjacent to an activating group) is 1. The van der Waals surface area contributed by atoms with Crippen molar-refractivity contribution >= 4 is 17.9 Å². The van der Waals surface area contributed by atoms with Gasteiger partial charge in [0.25, 0.3) is 0 Å². The van der Waals surface area contributed by atoms with Gasteiger partial charge in [0.2, 0.25) is 5.91 Å². The molecule has 20 heavy (non-hydrogen) atoms. The lowest BCUT2D eigenvalue weighted by Gasteiger charge is -2.34. The Morgan fingerprint density at radius 1 is 1.10 bits per heavy atom. The van der Waals surface area contributed by atoms with E-state index in [1.54, 1.807) is 4.90 Å². The molecule has 0 bridgehead atoms. The molecule has 0 aliphatic carbocycles. The van der Waals surface area contributed by atoms with Crippen molar-refractivity contribution in [3.8, 4) is 0 Å².